The Balaban J connectivity index is 1.64. The number of imidazole rings is 1. The van der Waals surface area contributed by atoms with E-state index >= 15 is 0 Å². The molecule has 27 heavy (non-hydrogen) atoms. The van der Waals surface area contributed by atoms with E-state index < -0.39 is 0 Å². The van der Waals surface area contributed by atoms with E-state index in [4.69, 9.17) is 4.74 Å². The second-order valence-corrected chi connectivity index (χ2v) is 7.44. The number of ether oxygens (including phenoxy) is 1. The Bertz CT molecular complexity index is 756. The maximum atomic E-state index is 13.0. The van der Waals surface area contributed by atoms with Crippen LogP contribution in [0.5, 0.6) is 0 Å². The van der Waals surface area contributed by atoms with Crippen LogP contribution in [0.4, 0.5) is 0 Å². The molecule has 0 atom stereocenters. The van der Waals surface area contributed by atoms with E-state index in [-0.39, 0.29) is 5.91 Å². The fourth-order valence-corrected chi connectivity index (χ4v) is 3.76. The number of aryl methyl sites for hydroxylation is 1. The highest BCUT2D eigenvalue weighted by Gasteiger charge is 2.28. The Morgan fingerprint density at radius 2 is 2.07 bits per heavy atom. The first-order chi connectivity index (χ1) is 13.0. The van der Waals surface area contributed by atoms with Gasteiger partial charge in [-0.05, 0) is 46.6 Å². The van der Waals surface area contributed by atoms with Gasteiger partial charge in [-0.15, -0.1) is 0 Å². The lowest BCUT2D eigenvalue weighted by atomic mass is 9.95. The normalized spacial score (nSPS) is 15.7. The summed E-state index contributed by atoms with van der Waals surface area (Å²) in [4.78, 5) is 19.6. The molecule has 3 heterocycles. The van der Waals surface area contributed by atoms with E-state index in [2.05, 4.69) is 34.7 Å². The van der Waals surface area contributed by atoms with Crippen molar-refractivity contribution in [1.82, 2.24) is 24.2 Å². The molecule has 2 aromatic heterocycles. The standard InChI is InChI=1S/C20H31N5O2/c1-5-27-13-12-25-18(14-16(4)22-25)20(26)23-9-6-17(7-10-23)19-21-8-11-24(19)15(2)3/h8,11,14-15,17H,5-7,9-10,12-13H2,1-4H3. The van der Waals surface area contributed by atoms with Crippen LogP contribution >= 0.6 is 0 Å². The van der Waals surface area contributed by atoms with Gasteiger partial charge in [0.05, 0.1) is 18.8 Å². The van der Waals surface area contributed by atoms with Gasteiger partial charge in [0.1, 0.15) is 11.5 Å². The maximum absolute atomic E-state index is 13.0. The van der Waals surface area contributed by atoms with Crippen LogP contribution in [0.1, 0.15) is 67.6 Å². The molecule has 2 aromatic rings. The molecule has 7 nitrogen and oxygen atoms in total. The van der Waals surface area contributed by atoms with Gasteiger partial charge < -0.3 is 14.2 Å². The molecule has 0 radical (unpaired) electrons. The molecule has 0 saturated carbocycles. The molecule has 1 amide bonds. The van der Waals surface area contributed by atoms with Crippen molar-refractivity contribution in [3.8, 4) is 0 Å². The summed E-state index contributed by atoms with van der Waals surface area (Å²) >= 11 is 0. The van der Waals surface area contributed by atoms with Crippen molar-refractivity contribution >= 4 is 5.91 Å². The molecular formula is C20H31N5O2. The topological polar surface area (TPSA) is 65.2 Å². The third-order valence-electron chi connectivity index (χ3n) is 5.18. The van der Waals surface area contributed by atoms with Crippen molar-refractivity contribution in [1.29, 1.82) is 0 Å². The average molecular weight is 374 g/mol. The van der Waals surface area contributed by atoms with Gasteiger partial charge in [0.2, 0.25) is 0 Å². The van der Waals surface area contributed by atoms with Crippen molar-refractivity contribution in [2.75, 3.05) is 26.3 Å². The Morgan fingerprint density at radius 3 is 2.74 bits per heavy atom. The smallest absolute Gasteiger partial charge is 0.272 e. The summed E-state index contributed by atoms with van der Waals surface area (Å²) in [6, 6.07) is 2.29. The molecule has 0 aromatic carbocycles. The predicted molar refractivity (Wildman–Crippen MR) is 104 cm³/mol. The third-order valence-corrected chi connectivity index (χ3v) is 5.18. The van der Waals surface area contributed by atoms with E-state index in [0.717, 1.165) is 37.4 Å². The van der Waals surface area contributed by atoms with Crippen LogP contribution in [-0.4, -0.2) is 56.4 Å². The van der Waals surface area contributed by atoms with E-state index in [1.54, 1.807) is 4.68 Å². The van der Waals surface area contributed by atoms with Crippen molar-refractivity contribution < 1.29 is 9.53 Å². The molecule has 1 aliphatic rings. The van der Waals surface area contributed by atoms with Gasteiger partial charge in [-0.1, -0.05) is 0 Å². The van der Waals surface area contributed by atoms with Crippen LogP contribution in [0.3, 0.4) is 0 Å². The quantitative estimate of drug-likeness (QED) is 0.700. The number of carbonyl (C=O) groups is 1. The highest BCUT2D eigenvalue weighted by Crippen LogP contribution is 2.29. The second-order valence-electron chi connectivity index (χ2n) is 7.44. The molecule has 1 aliphatic heterocycles. The summed E-state index contributed by atoms with van der Waals surface area (Å²) in [5, 5.41) is 4.46. The van der Waals surface area contributed by atoms with Crippen molar-refractivity contribution in [2.45, 2.75) is 59.0 Å². The van der Waals surface area contributed by atoms with Crippen molar-refractivity contribution in [2.24, 2.45) is 0 Å². The minimum Gasteiger partial charge on any atom is -0.380 e. The zero-order valence-electron chi connectivity index (χ0n) is 16.9. The van der Waals surface area contributed by atoms with Gasteiger partial charge in [0, 0.05) is 44.0 Å². The molecule has 0 aliphatic carbocycles. The van der Waals surface area contributed by atoms with Gasteiger partial charge in [0.25, 0.3) is 5.91 Å². The lowest BCUT2D eigenvalue weighted by molar-refractivity contribution is 0.0692. The summed E-state index contributed by atoms with van der Waals surface area (Å²) in [5.41, 5.74) is 1.53. The first-order valence-corrected chi connectivity index (χ1v) is 9.95. The van der Waals surface area contributed by atoms with Gasteiger partial charge in [-0.3, -0.25) is 9.48 Å². The van der Waals surface area contributed by atoms with Crippen LogP contribution in [0.15, 0.2) is 18.5 Å². The van der Waals surface area contributed by atoms with Gasteiger partial charge in [-0.25, -0.2) is 4.98 Å². The molecule has 0 bridgehead atoms. The fraction of sp³-hybridized carbons (Fsp3) is 0.650. The largest absolute Gasteiger partial charge is 0.380 e. The fourth-order valence-electron chi connectivity index (χ4n) is 3.76. The molecule has 0 spiro atoms. The lowest BCUT2D eigenvalue weighted by Gasteiger charge is -2.32. The molecule has 148 valence electrons. The first kappa shape index (κ1) is 19.6. The maximum Gasteiger partial charge on any atom is 0.272 e. The Labute approximate surface area is 161 Å². The molecule has 0 unspecified atom stereocenters. The summed E-state index contributed by atoms with van der Waals surface area (Å²) in [5.74, 6) is 1.63. The number of nitrogens with zero attached hydrogens (tertiary/aromatic N) is 5. The molecule has 3 rings (SSSR count). The highest BCUT2D eigenvalue weighted by molar-refractivity contribution is 5.92. The SMILES string of the molecule is CCOCCn1nc(C)cc1C(=O)N1CCC(c2nccn2C(C)C)CC1. The minimum absolute atomic E-state index is 0.0674. The van der Waals surface area contributed by atoms with Crippen molar-refractivity contribution in [3.63, 3.8) is 0 Å². The Morgan fingerprint density at radius 1 is 1.33 bits per heavy atom. The van der Waals surface area contributed by atoms with Gasteiger partial charge >= 0.3 is 0 Å². The third kappa shape index (κ3) is 4.40. The highest BCUT2D eigenvalue weighted by atomic mass is 16.5. The molecule has 1 fully saturated rings. The van der Waals surface area contributed by atoms with Crippen molar-refractivity contribution in [3.05, 3.63) is 35.7 Å². The summed E-state index contributed by atoms with van der Waals surface area (Å²) in [6.07, 6.45) is 5.83. The number of hydrogen-bond donors (Lipinski definition) is 0. The summed E-state index contributed by atoms with van der Waals surface area (Å²) < 4.78 is 9.44. The number of aromatic nitrogens is 4. The van der Waals surface area contributed by atoms with Crippen LogP contribution in [-0.2, 0) is 11.3 Å². The monoisotopic (exact) mass is 373 g/mol. The van der Waals surface area contributed by atoms with E-state index in [0.29, 0.717) is 37.4 Å². The van der Waals surface area contributed by atoms with E-state index in [9.17, 15) is 4.79 Å². The van der Waals surface area contributed by atoms with Crippen LogP contribution in [0.25, 0.3) is 0 Å². The molecule has 1 saturated heterocycles. The minimum atomic E-state index is 0.0674. The summed E-state index contributed by atoms with van der Waals surface area (Å²) in [7, 11) is 0. The van der Waals surface area contributed by atoms with Gasteiger partial charge in [-0.2, -0.15) is 5.10 Å². The van der Waals surface area contributed by atoms with E-state index in [1.165, 1.54) is 0 Å². The van der Waals surface area contributed by atoms with Crippen LogP contribution in [0, 0.1) is 6.92 Å². The number of carbonyl (C=O) groups excluding carboxylic acids is 1. The zero-order valence-corrected chi connectivity index (χ0v) is 16.9. The lowest BCUT2D eigenvalue weighted by Crippen LogP contribution is -2.39. The number of likely N-dealkylation sites (tertiary alicyclic amines) is 1. The molecule has 0 N–H and O–H groups in total. The number of rotatable bonds is 7. The molecule has 7 heteroatoms. The number of amides is 1. The number of piperidine rings is 1. The Kier molecular flexibility index (Phi) is 6.31. The van der Waals surface area contributed by atoms with E-state index in [1.807, 2.05) is 31.0 Å². The Hall–Kier alpha value is -2.15. The molecular weight excluding hydrogens is 342 g/mol. The second kappa shape index (κ2) is 8.69. The van der Waals surface area contributed by atoms with Gasteiger partial charge in [0.15, 0.2) is 0 Å². The predicted octanol–water partition coefficient (Wildman–Crippen LogP) is 3.03. The zero-order chi connectivity index (χ0) is 19.4. The van der Waals surface area contributed by atoms with Crippen LogP contribution in [0.2, 0.25) is 0 Å². The number of hydrogen-bond acceptors (Lipinski definition) is 4. The average Bonchev–Trinajstić information content (AvgIpc) is 3.28. The summed E-state index contributed by atoms with van der Waals surface area (Å²) in [6.45, 7) is 11.6. The first-order valence-electron chi connectivity index (χ1n) is 9.95. The van der Waals surface area contributed by atoms with Crippen LogP contribution < -0.4 is 0 Å².